The zero-order chi connectivity index (χ0) is 38.6. The van der Waals surface area contributed by atoms with E-state index in [0.717, 1.165) is 28.0 Å². The third-order valence-corrected chi connectivity index (χ3v) is 9.34. The summed E-state index contributed by atoms with van der Waals surface area (Å²) in [5.74, 6) is 0.107. The molecule has 0 aliphatic carbocycles. The zero-order valence-corrected chi connectivity index (χ0v) is 31.2. The number of nitrogens with zero attached hydrogens (tertiary/aromatic N) is 8. The molecule has 3 aromatic carbocycles. The summed E-state index contributed by atoms with van der Waals surface area (Å²) in [6.45, 7) is 9.98. The Morgan fingerprint density at radius 1 is 0.709 bits per heavy atom. The Balaban J connectivity index is 1.16. The van der Waals surface area contributed by atoms with Crippen molar-refractivity contribution in [2.75, 3.05) is 10.6 Å². The maximum Gasteiger partial charge on any atom is 0.276 e. The van der Waals surface area contributed by atoms with Crippen molar-refractivity contribution in [1.29, 1.82) is 0 Å². The van der Waals surface area contributed by atoms with Crippen LogP contribution in [0.25, 0.3) is 22.1 Å². The van der Waals surface area contributed by atoms with Crippen molar-refractivity contribution in [2.24, 2.45) is 5.73 Å². The summed E-state index contributed by atoms with van der Waals surface area (Å²) in [6.07, 6.45) is 1.33. The number of carbonyl (C=O) groups is 3. The number of ether oxygens (including phenoxy) is 1. The number of imidazole rings is 2. The van der Waals surface area contributed by atoms with Gasteiger partial charge in [-0.1, -0.05) is 36.4 Å². The van der Waals surface area contributed by atoms with E-state index in [2.05, 4.69) is 20.8 Å². The summed E-state index contributed by atoms with van der Waals surface area (Å²) < 4.78 is 13.5. The van der Waals surface area contributed by atoms with E-state index in [1.165, 1.54) is 0 Å². The number of unbranched alkanes of at least 4 members (excludes halogenated alkanes) is 1. The molecule has 0 unspecified atom stereocenters. The molecular weight excluding hydrogens is 699 g/mol. The number of amides is 3. The van der Waals surface area contributed by atoms with Gasteiger partial charge in [0.05, 0.1) is 27.9 Å². The van der Waals surface area contributed by atoms with Crippen LogP contribution in [0.3, 0.4) is 0 Å². The van der Waals surface area contributed by atoms with Crippen LogP contribution in [0.2, 0.25) is 0 Å². The maximum atomic E-state index is 13.6. The van der Waals surface area contributed by atoms with Crippen LogP contribution in [0.5, 0.6) is 5.75 Å². The van der Waals surface area contributed by atoms with E-state index in [9.17, 15) is 14.4 Å². The molecule has 0 radical (unpaired) electrons. The number of fused-ring (bicyclic) bond motifs is 2. The predicted molar refractivity (Wildman–Crippen MR) is 209 cm³/mol. The molecule has 0 aliphatic rings. The van der Waals surface area contributed by atoms with E-state index in [0.29, 0.717) is 91.3 Å². The van der Waals surface area contributed by atoms with Gasteiger partial charge in [-0.05, 0) is 88.6 Å². The summed E-state index contributed by atoms with van der Waals surface area (Å²) in [4.78, 5) is 48.7. The average molecular weight is 742 g/mol. The van der Waals surface area contributed by atoms with Crippen LogP contribution in [-0.4, -0.2) is 56.4 Å². The second-order valence-corrected chi connectivity index (χ2v) is 13.2. The molecule has 0 aliphatic heterocycles. The molecule has 0 saturated carbocycles. The van der Waals surface area contributed by atoms with Crippen LogP contribution in [0, 0.1) is 13.8 Å². The molecule has 55 heavy (non-hydrogen) atoms. The number of hydrogen-bond donors (Lipinski definition) is 3. The zero-order valence-electron chi connectivity index (χ0n) is 31.2. The Hall–Kier alpha value is -6.77. The van der Waals surface area contributed by atoms with E-state index in [-0.39, 0.29) is 11.8 Å². The van der Waals surface area contributed by atoms with Crippen molar-refractivity contribution in [3.8, 4) is 5.75 Å². The minimum Gasteiger partial charge on any atom is -0.487 e. The van der Waals surface area contributed by atoms with Gasteiger partial charge in [-0.25, -0.2) is 9.97 Å². The number of anilines is 2. The van der Waals surface area contributed by atoms with E-state index in [4.69, 9.17) is 20.4 Å². The highest BCUT2D eigenvalue weighted by Gasteiger charge is 2.22. The fourth-order valence-corrected chi connectivity index (χ4v) is 6.71. The lowest BCUT2D eigenvalue weighted by atomic mass is 10.2. The standard InChI is InChI=1S/C40H43N11O4/c1-5-50-32(21-25(3)46-50)37(53)44-39-42-29-23-28(36(41)52)17-18-30(29)48(39)19-10-11-20-49-31-15-12-16-34(55-24-27-13-8-7-9-14-27)35(31)43-40(49)45-38(54)33-22-26(4)47-51(33)6-2/h7-9,12-18,21-23H,5-6,10-11,19-20,24H2,1-4H3,(H2,41,52)(H,42,44,53)(H,43,45,54). The van der Waals surface area contributed by atoms with Gasteiger partial charge in [0.1, 0.15) is 29.3 Å². The number of hydrogen-bond acceptors (Lipinski definition) is 8. The second kappa shape index (κ2) is 15.7. The van der Waals surface area contributed by atoms with Crippen LogP contribution >= 0.6 is 0 Å². The molecule has 7 rings (SSSR count). The Morgan fingerprint density at radius 2 is 1.31 bits per heavy atom. The van der Waals surface area contributed by atoms with E-state index >= 15 is 0 Å². The molecule has 7 aromatic rings. The minimum atomic E-state index is -0.567. The predicted octanol–water partition coefficient (Wildman–Crippen LogP) is 6.10. The van der Waals surface area contributed by atoms with Gasteiger partial charge in [-0.3, -0.25) is 34.4 Å². The molecule has 0 saturated heterocycles. The summed E-state index contributed by atoms with van der Waals surface area (Å²) in [5.41, 5.74) is 12.0. The summed E-state index contributed by atoms with van der Waals surface area (Å²) in [5, 5.41) is 14.9. The second-order valence-electron chi connectivity index (χ2n) is 13.2. The SMILES string of the molecule is CCn1nc(C)cc1C(=O)Nc1nc2cc(C(N)=O)ccc2n1CCCCn1c(NC(=O)c2cc(C)nn2CC)nc2c(OCc3ccccc3)cccc21. The molecule has 0 fully saturated rings. The Kier molecular flexibility index (Phi) is 10.4. The molecular formula is C40H43N11O4. The van der Waals surface area contributed by atoms with Gasteiger partial charge in [0.2, 0.25) is 17.8 Å². The molecule has 0 bridgehead atoms. The van der Waals surface area contributed by atoms with E-state index in [1.807, 2.05) is 85.4 Å². The lowest BCUT2D eigenvalue weighted by Crippen LogP contribution is -2.20. The highest BCUT2D eigenvalue weighted by Crippen LogP contribution is 2.30. The topological polar surface area (TPSA) is 182 Å². The number of aryl methyl sites for hydroxylation is 6. The summed E-state index contributed by atoms with van der Waals surface area (Å²) >= 11 is 0. The highest BCUT2D eigenvalue weighted by molar-refractivity contribution is 6.04. The fraction of sp³-hybridized carbons (Fsp3) is 0.275. The normalized spacial score (nSPS) is 11.3. The number of carbonyl (C=O) groups excluding carboxylic acids is 3. The van der Waals surface area contributed by atoms with Crippen LogP contribution in [0.4, 0.5) is 11.9 Å². The quantitative estimate of drug-likeness (QED) is 0.105. The average Bonchev–Trinajstić information content (AvgIpc) is 3.95. The molecule has 4 heterocycles. The van der Waals surface area contributed by atoms with Gasteiger partial charge in [-0.2, -0.15) is 10.2 Å². The van der Waals surface area contributed by atoms with Gasteiger partial charge in [0, 0.05) is 31.7 Å². The van der Waals surface area contributed by atoms with Crippen LogP contribution in [0.15, 0.2) is 78.9 Å². The highest BCUT2D eigenvalue weighted by atomic mass is 16.5. The lowest BCUT2D eigenvalue weighted by molar-refractivity contribution is 0.0995. The molecule has 0 atom stereocenters. The van der Waals surface area contributed by atoms with Gasteiger partial charge in [-0.15, -0.1) is 0 Å². The number of benzene rings is 3. The smallest absolute Gasteiger partial charge is 0.276 e. The number of nitrogens with two attached hydrogens (primary N) is 1. The maximum absolute atomic E-state index is 13.6. The molecule has 15 heteroatoms. The Labute approximate surface area is 317 Å². The molecule has 0 spiro atoms. The number of nitrogens with one attached hydrogen (secondary N) is 2. The first-order chi connectivity index (χ1) is 26.6. The van der Waals surface area contributed by atoms with Crippen molar-refractivity contribution in [1.82, 2.24) is 38.7 Å². The van der Waals surface area contributed by atoms with Gasteiger partial charge in [0.25, 0.3) is 11.8 Å². The largest absolute Gasteiger partial charge is 0.487 e. The third kappa shape index (κ3) is 7.67. The summed E-state index contributed by atoms with van der Waals surface area (Å²) in [7, 11) is 0. The van der Waals surface area contributed by atoms with Crippen molar-refractivity contribution >= 4 is 51.7 Å². The molecule has 282 valence electrons. The van der Waals surface area contributed by atoms with Crippen molar-refractivity contribution in [2.45, 2.75) is 73.3 Å². The monoisotopic (exact) mass is 741 g/mol. The van der Waals surface area contributed by atoms with Gasteiger partial charge in [0.15, 0.2) is 0 Å². The molecule has 3 amide bonds. The van der Waals surface area contributed by atoms with Crippen LogP contribution < -0.4 is 21.1 Å². The first-order valence-electron chi connectivity index (χ1n) is 18.3. The van der Waals surface area contributed by atoms with Crippen molar-refractivity contribution < 1.29 is 19.1 Å². The van der Waals surface area contributed by atoms with E-state index in [1.54, 1.807) is 39.7 Å². The van der Waals surface area contributed by atoms with Gasteiger partial charge >= 0.3 is 0 Å². The first-order valence-corrected chi connectivity index (χ1v) is 18.3. The molecule has 15 nitrogen and oxygen atoms in total. The fourth-order valence-electron chi connectivity index (χ4n) is 6.71. The van der Waals surface area contributed by atoms with E-state index < -0.39 is 5.91 Å². The van der Waals surface area contributed by atoms with Crippen molar-refractivity contribution in [3.63, 3.8) is 0 Å². The third-order valence-electron chi connectivity index (χ3n) is 9.34. The Bertz CT molecular complexity index is 2530. The lowest BCUT2D eigenvalue weighted by Gasteiger charge is -2.13. The molecule has 4 N–H and O–H groups in total. The number of para-hydroxylation sites is 1. The van der Waals surface area contributed by atoms with Crippen LogP contribution in [-0.2, 0) is 32.8 Å². The minimum absolute atomic E-state index is 0.314. The van der Waals surface area contributed by atoms with Gasteiger partial charge < -0.3 is 19.6 Å². The Morgan fingerprint density at radius 3 is 1.91 bits per heavy atom. The van der Waals surface area contributed by atoms with Crippen molar-refractivity contribution in [3.05, 3.63) is 113 Å². The summed E-state index contributed by atoms with van der Waals surface area (Å²) in [6, 6.07) is 24.2. The number of primary amides is 1. The van der Waals surface area contributed by atoms with Crippen LogP contribution in [0.1, 0.15) is 75.0 Å². The number of aromatic nitrogens is 8. The molecule has 4 aromatic heterocycles. The number of rotatable bonds is 15. The first kappa shape index (κ1) is 36.6.